The van der Waals surface area contributed by atoms with Crippen molar-refractivity contribution in [3.05, 3.63) is 182 Å². The van der Waals surface area contributed by atoms with E-state index in [9.17, 15) is 0 Å². The van der Waals surface area contributed by atoms with E-state index in [2.05, 4.69) is 226 Å². The maximum Gasteiger partial charge on any atom is 0.242 e. The fourth-order valence-electron chi connectivity index (χ4n) is 9.18. The van der Waals surface area contributed by atoms with E-state index >= 15 is 0 Å². The van der Waals surface area contributed by atoms with Crippen LogP contribution in [0.2, 0.25) is 39.3 Å². The maximum absolute atomic E-state index is 6.98. The Bertz CT molecular complexity index is 2930. The van der Waals surface area contributed by atoms with Gasteiger partial charge >= 0.3 is 0 Å². The Morgan fingerprint density at radius 3 is 1.47 bits per heavy atom. The maximum atomic E-state index is 6.98. The van der Waals surface area contributed by atoms with Crippen molar-refractivity contribution in [1.29, 1.82) is 0 Å². The number of nitrogens with zero attached hydrogens (tertiary/aromatic N) is 1. The molecule has 59 heavy (non-hydrogen) atoms. The fourth-order valence-corrected chi connectivity index (χ4v) is 11.5. The van der Waals surface area contributed by atoms with Crippen LogP contribution < -0.4 is 36.4 Å². The van der Waals surface area contributed by atoms with E-state index in [1.54, 1.807) is 0 Å². The first-order valence-electron chi connectivity index (χ1n) is 20.9. The molecule has 0 bridgehead atoms. The Kier molecular flexibility index (Phi) is 9.00. The fraction of sp³-hybridized carbons (Fsp3) is 0.111. The zero-order chi connectivity index (χ0) is 40.5. The first-order valence-corrected chi connectivity index (χ1v) is 27.9. The number of hydrogen-bond donors (Lipinski definition) is 0. The van der Waals surface area contributed by atoms with Gasteiger partial charge in [-0.25, -0.2) is 0 Å². The molecule has 0 amide bonds. The zero-order valence-electron chi connectivity index (χ0n) is 34.8. The van der Waals surface area contributed by atoms with E-state index in [1.807, 2.05) is 0 Å². The molecule has 286 valence electrons. The van der Waals surface area contributed by atoms with E-state index in [0.29, 0.717) is 0 Å². The van der Waals surface area contributed by atoms with Gasteiger partial charge in [0, 0.05) is 34.1 Å². The van der Waals surface area contributed by atoms with E-state index in [0.717, 1.165) is 39.5 Å². The first kappa shape index (κ1) is 37.1. The molecule has 0 saturated carbocycles. The van der Waals surface area contributed by atoms with Crippen molar-refractivity contribution in [2.45, 2.75) is 39.3 Å². The number of benzene rings is 9. The van der Waals surface area contributed by atoms with Crippen LogP contribution in [0, 0.1) is 0 Å². The number of hydrogen-bond acceptors (Lipinski definition) is 2. The summed E-state index contributed by atoms with van der Waals surface area (Å²) in [4.78, 5) is 2.38. The van der Waals surface area contributed by atoms with Gasteiger partial charge < -0.3 is 9.64 Å². The van der Waals surface area contributed by atoms with Crippen LogP contribution in [0.3, 0.4) is 0 Å². The highest BCUT2D eigenvalue weighted by Gasteiger charge is 2.28. The Hall–Kier alpha value is -6.14. The van der Waals surface area contributed by atoms with Crippen molar-refractivity contribution in [2.75, 3.05) is 4.90 Å². The third-order valence-electron chi connectivity index (χ3n) is 12.3. The highest BCUT2D eigenvalue weighted by molar-refractivity contribution is 6.97. The standard InChI is InChI=1S/C54H48BNOSi2/c1-58(2,3)42-29-24-39(25-30-42)56(40-26-31-43(32-27-40)59(4,5)6)41-28-33-46-50-35-48-44-20-13-14-21-45(44)51(55(37-16-9-7-10-17-37)38-18-11-8-12-19-38)36-49(48)47-22-15-23-52(54(47)50)57-53(46)34-41/h7-36H,1-6H3. The monoisotopic (exact) mass is 793 g/mol. The van der Waals surface area contributed by atoms with Gasteiger partial charge in [-0.1, -0.05) is 193 Å². The van der Waals surface area contributed by atoms with Gasteiger partial charge in [0.15, 0.2) is 0 Å². The Morgan fingerprint density at radius 2 is 0.898 bits per heavy atom. The van der Waals surface area contributed by atoms with Gasteiger partial charge in [0.1, 0.15) is 11.5 Å². The van der Waals surface area contributed by atoms with Crippen LogP contribution in [0.4, 0.5) is 17.1 Å². The van der Waals surface area contributed by atoms with Crippen molar-refractivity contribution in [3.8, 4) is 22.6 Å². The molecule has 1 heterocycles. The Labute approximate surface area is 350 Å². The lowest BCUT2D eigenvalue weighted by Crippen LogP contribution is -2.52. The molecule has 0 N–H and O–H groups in total. The summed E-state index contributed by atoms with van der Waals surface area (Å²) in [5, 5.41) is 10.3. The van der Waals surface area contributed by atoms with Gasteiger partial charge in [-0.3, -0.25) is 0 Å². The van der Waals surface area contributed by atoms with E-state index in [4.69, 9.17) is 4.74 Å². The summed E-state index contributed by atoms with van der Waals surface area (Å²) in [5.41, 5.74) is 9.56. The minimum atomic E-state index is -1.47. The Morgan fingerprint density at radius 1 is 0.390 bits per heavy atom. The highest BCUT2D eigenvalue weighted by atomic mass is 28.3. The SMILES string of the molecule is C[Si](C)(C)c1ccc(N(c2ccc([Si](C)(C)C)cc2)c2ccc3c(c2)Oc2cccc4c2c-3cc2c3ccccc3c(B(c3ccccc3)c3ccccc3)cc42)cc1. The van der Waals surface area contributed by atoms with Crippen molar-refractivity contribution in [1.82, 2.24) is 0 Å². The first-order chi connectivity index (χ1) is 28.5. The number of anilines is 3. The summed E-state index contributed by atoms with van der Waals surface area (Å²) in [7, 11) is -2.93. The largest absolute Gasteiger partial charge is 0.456 e. The molecule has 10 rings (SSSR count). The van der Waals surface area contributed by atoms with E-state index < -0.39 is 16.1 Å². The molecular weight excluding hydrogens is 746 g/mol. The second kappa shape index (κ2) is 14.3. The third-order valence-corrected chi connectivity index (χ3v) is 16.4. The van der Waals surface area contributed by atoms with Gasteiger partial charge in [0.25, 0.3) is 0 Å². The van der Waals surface area contributed by atoms with Crippen LogP contribution in [0.5, 0.6) is 11.5 Å². The molecule has 9 aromatic rings. The molecule has 0 unspecified atom stereocenters. The van der Waals surface area contributed by atoms with Crippen molar-refractivity contribution in [2.24, 2.45) is 0 Å². The molecule has 0 fully saturated rings. The van der Waals surface area contributed by atoms with Crippen LogP contribution in [0.25, 0.3) is 43.4 Å². The summed E-state index contributed by atoms with van der Waals surface area (Å²) in [6, 6.07) is 67.6. The summed E-state index contributed by atoms with van der Waals surface area (Å²) in [6.45, 7) is 14.5. The van der Waals surface area contributed by atoms with Gasteiger partial charge in [-0.15, -0.1) is 0 Å². The van der Waals surface area contributed by atoms with Crippen LogP contribution >= 0.6 is 0 Å². The van der Waals surface area contributed by atoms with Gasteiger partial charge in [0.05, 0.1) is 16.1 Å². The molecule has 0 atom stereocenters. The van der Waals surface area contributed by atoms with Crippen molar-refractivity contribution < 1.29 is 4.74 Å². The van der Waals surface area contributed by atoms with Gasteiger partial charge in [-0.2, -0.15) is 0 Å². The molecule has 0 saturated heterocycles. The lowest BCUT2D eigenvalue weighted by atomic mass is 9.36. The van der Waals surface area contributed by atoms with E-state index in [1.165, 1.54) is 59.3 Å². The number of fused-ring (bicyclic) bond motifs is 6. The Balaban J connectivity index is 1.16. The van der Waals surface area contributed by atoms with Crippen molar-refractivity contribution in [3.63, 3.8) is 0 Å². The molecule has 0 aromatic heterocycles. The van der Waals surface area contributed by atoms with Crippen molar-refractivity contribution >= 4 is 99.0 Å². The van der Waals surface area contributed by atoms with Gasteiger partial charge in [-0.05, 0) is 81.0 Å². The summed E-state index contributed by atoms with van der Waals surface area (Å²) < 4.78 is 6.98. The predicted octanol–water partition coefficient (Wildman–Crippen LogP) is 12.0. The molecule has 1 aliphatic heterocycles. The minimum absolute atomic E-state index is 0.0781. The van der Waals surface area contributed by atoms with Crippen LogP contribution in [-0.2, 0) is 0 Å². The number of rotatable bonds is 8. The smallest absolute Gasteiger partial charge is 0.242 e. The van der Waals surface area contributed by atoms with Crippen LogP contribution in [0.15, 0.2) is 182 Å². The minimum Gasteiger partial charge on any atom is -0.456 e. The normalized spacial score (nSPS) is 12.4. The second-order valence-corrected chi connectivity index (χ2v) is 28.3. The molecular formula is C54H48BNOSi2. The van der Waals surface area contributed by atoms with Crippen LogP contribution in [-0.4, -0.2) is 22.9 Å². The molecule has 0 spiro atoms. The average Bonchev–Trinajstić information content (AvgIpc) is 3.24. The number of ether oxygens (including phenoxy) is 1. The lowest BCUT2D eigenvalue weighted by Gasteiger charge is -2.29. The average molecular weight is 794 g/mol. The quantitative estimate of drug-likeness (QED) is 0.112. The predicted molar refractivity (Wildman–Crippen MR) is 263 cm³/mol. The summed E-state index contributed by atoms with van der Waals surface area (Å²) in [6.07, 6.45) is 0. The topological polar surface area (TPSA) is 12.5 Å². The third kappa shape index (κ3) is 6.59. The molecule has 0 radical (unpaired) electrons. The van der Waals surface area contributed by atoms with Gasteiger partial charge in [0.2, 0.25) is 6.71 Å². The molecule has 2 nitrogen and oxygen atoms in total. The summed E-state index contributed by atoms with van der Waals surface area (Å²) >= 11 is 0. The molecule has 0 aliphatic carbocycles. The van der Waals surface area contributed by atoms with E-state index in [-0.39, 0.29) is 6.71 Å². The molecule has 5 heteroatoms. The zero-order valence-corrected chi connectivity index (χ0v) is 36.8. The second-order valence-electron chi connectivity index (χ2n) is 18.2. The lowest BCUT2D eigenvalue weighted by molar-refractivity contribution is 0.487. The highest BCUT2D eigenvalue weighted by Crippen LogP contribution is 2.51. The van der Waals surface area contributed by atoms with Crippen LogP contribution in [0.1, 0.15) is 0 Å². The molecule has 1 aliphatic rings. The summed E-state index contributed by atoms with van der Waals surface area (Å²) in [5.74, 6) is 1.77. The molecule has 9 aromatic carbocycles.